The Labute approximate surface area is 136 Å². The van der Waals surface area contributed by atoms with Crippen LogP contribution in [0.25, 0.3) is 0 Å². The molecule has 0 spiro atoms. The van der Waals surface area contributed by atoms with Crippen molar-refractivity contribution in [2.24, 2.45) is 5.92 Å². The Bertz CT molecular complexity index is 517. The number of likely N-dealkylation sites (tertiary alicyclic amines) is 1. The molecule has 1 N–H and O–H groups in total. The van der Waals surface area contributed by atoms with E-state index in [4.69, 9.17) is 0 Å². The van der Waals surface area contributed by atoms with Gasteiger partial charge in [-0.3, -0.25) is 14.9 Å². The van der Waals surface area contributed by atoms with Crippen LogP contribution >= 0.6 is 12.4 Å². The van der Waals surface area contributed by atoms with E-state index in [0.29, 0.717) is 11.5 Å². The Hall–Kier alpha value is -1.66. The number of benzene rings is 1. The van der Waals surface area contributed by atoms with E-state index in [9.17, 15) is 14.9 Å². The molecular formula is C15H22ClN3O3. The van der Waals surface area contributed by atoms with Crippen LogP contribution in [-0.2, 0) is 11.2 Å². The lowest BCUT2D eigenvalue weighted by atomic mass is 9.96. The number of halogens is 1. The van der Waals surface area contributed by atoms with E-state index >= 15 is 0 Å². The van der Waals surface area contributed by atoms with Crippen molar-refractivity contribution in [2.75, 3.05) is 26.7 Å². The molecule has 1 amide bonds. The Balaban J connectivity index is 0.00000242. The van der Waals surface area contributed by atoms with E-state index < -0.39 is 4.92 Å². The maximum atomic E-state index is 12.3. The minimum atomic E-state index is -0.433. The zero-order valence-electron chi connectivity index (χ0n) is 12.7. The maximum absolute atomic E-state index is 12.3. The first-order valence-electron chi connectivity index (χ1n) is 7.26. The fourth-order valence-corrected chi connectivity index (χ4v) is 2.74. The van der Waals surface area contributed by atoms with Gasteiger partial charge in [-0.25, -0.2) is 0 Å². The Kier molecular flexibility index (Phi) is 7.27. The third kappa shape index (κ3) is 4.96. The summed E-state index contributed by atoms with van der Waals surface area (Å²) in [4.78, 5) is 24.4. The van der Waals surface area contributed by atoms with E-state index in [1.807, 2.05) is 11.9 Å². The van der Waals surface area contributed by atoms with E-state index in [1.165, 1.54) is 12.1 Å². The maximum Gasteiger partial charge on any atom is 0.269 e. The number of non-ortho nitro benzene ring substituents is 1. The summed E-state index contributed by atoms with van der Waals surface area (Å²) in [5.41, 5.74) is 0.736. The topological polar surface area (TPSA) is 75.5 Å². The number of piperidine rings is 1. The minimum Gasteiger partial charge on any atom is -0.342 e. The monoisotopic (exact) mass is 327 g/mol. The number of nitro groups is 1. The molecule has 0 bridgehead atoms. The van der Waals surface area contributed by atoms with Crippen LogP contribution in [0.2, 0.25) is 0 Å². The van der Waals surface area contributed by atoms with Crippen LogP contribution in [0.5, 0.6) is 0 Å². The summed E-state index contributed by atoms with van der Waals surface area (Å²) in [6.07, 6.45) is 2.27. The lowest BCUT2D eigenvalue weighted by Crippen LogP contribution is -2.41. The molecule has 1 aliphatic heterocycles. The molecule has 1 aromatic carbocycles. The van der Waals surface area contributed by atoms with Crippen molar-refractivity contribution >= 4 is 24.0 Å². The van der Waals surface area contributed by atoms with E-state index in [0.717, 1.165) is 32.5 Å². The number of carbonyl (C=O) groups excluding carboxylic acids is 1. The molecule has 1 aliphatic rings. The Morgan fingerprint density at radius 1 is 1.41 bits per heavy atom. The molecule has 22 heavy (non-hydrogen) atoms. The van der Waals surface area contributed by atoms with E-state index in [-0.39, 0.29) is 30.4 Å². The number of carbonyl (C=O) groups is 1. The zero-order chi connectivity index (χ0) is 15.2. The summed E-state index contributed by atoms with van der Waals surface area (Å²) >= 11 is 0. The molecule has 122 valence electrons. The summed E-state index contributed by atoms with van der Waals surface area (Å²) in [6, 6.07) is 6.31. The first-order chi connectivity index (χ1) is 10.1. The van der Waals surface area contributed by atoms with Gasteiger partial charge in [0.25, 0.3) is 5.69 Å². The summed E-state index contributed by atoms with van der Waals surface area (Å²) in [6.45, 7) is 2.55. The molecule has 7 heteroatoms. The van der Waals surface area contributed by atoms with Gasteiger partial charge in [0.05, 0.1) is 11.3 Å². The third-order valence-electron chi connectivity index (χ3n) is 3.94. The smallest absolute Gasteiger partial charge is 0.269 e. The number of nitrogens with zero attached hydrogens (tertiary/aromatic N) is 2. The van der Waals surface area contributed by atoms with Gasteiger partial charge in [0.1, 0.15) is 0 Å². The second-order valence-corrected chi connectivity index (χ2v) is 5.49. The molecule has 1 fully saturated rings. The first-order valence-corrected chi connectivity index (χ1v) is 7.26. The van der Waals surface area contributed by atoms with E-state index in [2.05, 4.69) is 5.32 Å². The number of rotatable bonds is 5. The predicted octanol–water partition coefficient (Wildman–Crippen LogP) is 2.02. The fraction of sp³-hybridized carbons (Fsp3) is 0.533. The minimum absolute atomic E-state index is 0. The number of nitrogens with one attached hydrogen (secondary N) is 1. The van der Waals surface area contributed by atoms with Gasteiger partial charge in [0.2, 0.25) is 5.91 Å². The van der Waals surface area contributed by atoms with Crippen molar-refractivity contribution < 1.29 is 9.72 Å². The number of amides is 1. The molecule has 0 radical (unpaired) electrons. The van der Waals surface area contributed by atoms with Crippen molar-refractivity contribution in [3.8, 4) is 0 Å². The van der Waals surface area contributed by atoms with Crippen LogP contribution in [0.15, 0.2) is 24.3 Å². The third-order valence-corrected chi connectivity index (χ3v) is 3.94. The van der Waals surface area contributed by atoms with Crippen LogP contribution in [0.3, 0.4) is 0 Å². The molecule has 2 rings (SSSR count). The highest BCUT2D eigenvalue weighted by atomic mass is 35.5. The average molecular weight is 328 g/mol. The Morgan fingerprint density at radius 2 is 2.09 bits per heavy atom. The van der Waals surface area contributed by atoms with E-state index in [1.54, 1.807) is 12.1 Å². The highest BCUT2D eigenvalue weighted by molar-refractivity contribution is 5.85. The highest BCUT2D eigenvalue weighted by Gasteiger charge is 2.22. The van der Waals surface area contributed by atoms with Crippen molar-refractivity contribution in [3.05, 3.63) is 39.9 Å². The average Bonchev–Trinajstić information content (AvgIpc) is 2.48. The number of hydrogen-bond donors (Lipinski definition) is 1. The molecule has 0 aliphatic carbocycles. The molecule has 0 unspecified atom stereocenters. The fourth-order valence-electron chi connectivity index (χ4n) is 2.74. The lowest BCUT2D eigenvalue weighted by molar-refractivity contribution is -0.384. The quantitative estimate of drug-likeness (QED) is 0.663. The van der Waals surface area contributed by atoms with Crippen molar-refractivity contribution in [3.63, 3.8) is 0 Å². The molecule has 1 saturated heterocycles. The lowest BCUT2D eigenvalue weighted by Gasteiger charge is -2.32. The number of nitro benzene ring substituents is 1. The predicted molar refractivity (Wildman–Crippen MR) is 87.3 cm³/mol. The second kappa shape index (κ2) is 8.70. The van der Waals surface area contributed by atoms with Gasteiger partial charge in [0.15, 0.2) is 0 Å². The molecule has 1 heterocycles. The molecule has 0 atom stereocenters. The molecule has 0 saturated carbocycles. The zero-order valence-corrected chi connectivity index (χ0v) is 13.5. The summed E-state index contributed by atoms with van der Waals surface area (Å²) in [7, 11) is 1.94. The van der Waals surface area contributed by atoms with Gasteiger partial charge >= 0.3 is 0 Å². The highest BCUT2D eigenvalue weighted by Crippen LogP contribution is 2.18. The van der Waals surface area contributed by atoms with Gasteiger partial charge in [0, 0.05) is 25.2 Å². The normalized spacial score (nSPS) is 15.2. The standard InChI is InChI=1S/C15H21N3O3.ClH/c1-16-11-12-5-7-17(8-6-12)15(19)10-13-3-2-4-14(9-13)18(20)21;/h2-4,9,12,16H,5-8,10-11H2,1H3;1H. The van der Waals surface area contributed by atoms with Crippen LogP contribution < -0.4 is 5.32 Å². The van der Waals surface area contributed by atoms with Gasteiger partial charge in [-0.15, -0.1) is 12.4 Å². The van der Waals surface area contributed by atoms with Gasteiger partial charge < -0.3 is 10.2 Å². The SMILES string of the molecule is CNCC1CCN(C(=O)Cc2cccc([N+](=O)[O-])c2)CC1.Cl. The van der Waals surface area contributed by atoms with Crippen molar-refractivity contribution in [1.82, 2.24) is 10.2 Å². The van der Waals surface area contributed by atoms with Crippen LogP contribution in [0, 0.1) is 16.0 Å². The van der Waals surface area contributed by atoms with Gasteiger partial charge in [-0.2, -0.15) is 0 Å². The van der Waals surface area contributed by atoms with Crippen molar-refractivity contribution in [2.45, 2.75) is 19.3 Å². The van der Waals surface area contributed by atoms with Gasteiger partial charge in [-0.05, 0) is 37.9 Å². The number of hydrogen-bond acceptors (Lipinski definition) is 4. The first kappa shape index (κ1) is 18.4. The molecule has 0 aromatic heterocycles. The molecule has 6 nitrogen and oxygen atoms in total. The largest absolute Gasteiger partial charge is 0.342 e. The summed E-state index contributed by atoms with van der Waals surface area (Å²) in [5, 5.41) is 13.9. The second-order valence-electron chi connectivity index (χ2n) is 5.49. The summed E-state index contributed by atoms with van der Waals surface area (Å²) < 4.78 is 0. The van der Waals surface area contributed by atoms with Crippen molar-refractivity contribution in [1.29, 1.82) is 0 Å². The van der Waals surface area contributed by atoms with Crippen LogP contribution in [0.4, 0.5) is 5.69 Å². The van der Waals surface area contributed by atoms with Crippen LogP contribution in [-0.4, -0.2) is 42.4 Å². The van der Waals surface area contributed by atoms with Crippen LogP contribution in [0.1, 0.15) is 18.4 Å². The Morgan fingerprint density at radius 3 is 2.68 bits per heavy atom. The molecular weight excluding hydrogens is 306 g/mol. The van der Waals surface area contributed by atoms with Gasteiger partial charge in [-0.1, -0.05) is 12.1 Å². The summed E-state index contributed by atoms with van der Waals surface area (Å²) in [5.74, 6) is 0.690. The molecule has 1 aromatic rings.